The zero-order chi connectivity index (χ0) is 19.5. The molecule has 28 heavy (non-hydrogen) atoms. The molecular weight excluding hydrogens is 352 g/mol. The highest BCUT2D eigenvalue weighted by Crippen LogP contribution is 2.22. The van der Waals surface area contributed by atoms with E-state index in [-0.39, 0.29) is 5.92 Å². The van der Waals surface area contributed by atoms with Gasteiger partial charge in [-0.15, -0.1) is 5.10 Å². The van der Waals surface area contributed by atoms with Crippen LogP contribution in [0.2, 0.25) is 0 Å². The van der Waals surface area contributed by atoms with Crippen molar-refractivity contribution < 1.29 is 4.74 Å². The number of nitrogens with zero attached hydrogens (tertiary/aromatic N) is 5. The predicted molar refractivity (Wildman–Crippen MR) is 108 cm³/mol. The first-order valence-corrected chi connectivity index (χ1v) is 9.19. The lowest BCUT2D eigenvalue weighted by Crippen LogP contribution is -2.08. The Labute approximate surface area is 163 Å². The normalized spacial score (nSPS) is 11.1. The Kier molecular flexibility index (Phi) is 4.89. The van der Waals surface area contributed by atoms with Gasteiger partial charge in [0.25, 0.3) is 5.78 Å². The highest BCUT2D eigenvalue weighted by molar-refractivity contribution is 5.57. The molecule has 4 rings (SSSR count). The standard InChI is InChI=1S/C21H22N6O/c1-14(2)18-11-19(23-12-15-6-4-8-17(10-15)28-3)27-21(24-18)25-20(26-27)16-7-5-9-22-13-16/h4-11,13-14,23H,12H2,1-3H3. The van der Waals surface area contributed by atoms with Crippen molar-refractivity contribution in [3.05, 3.63) is 66.1 Å². The third-order valence-corrected chi connectivity index (χ3v) is 4.45. The minimum atomic E-state index is 0.279. The summed E-state index contributed by atoms with van der Waals surface area (Å²) in [5, 5.41) is 8.11. The number of nitrogens with one attached hydrogen (secondary N) is 1. The number of methoxy groups -OCH3 is 1. The van der Waals surface area contributed by atoms with Crippen molar-refractivity contribution in [3.63, 3.8) is 0 Å². The Morgan fingerprint density at radius 3 is 2.75 bits per heavy atom. The van der Waals surface area contributed by atoms with Crippen molar-refractivity contribution >= 4 is 11.6 Å². The van der Waals surface area contributed by atoms with E-state index in [4.69, 9.17) is 4.74 Å². The van der Waals surface area contributed by atoms with E-state index in [1.165, 1.54) is 0 Å². The topological polar surface area (TPSA) is 77.2 Å². The Morgan fingerprint density at radius 2 is 2.00 bits per heavy atom. The highest BCUT2D eigenvalue weighted by Gasteiger charge is 2.14. The number of ether oxygens (including phenoxy) is 1. The molecule has 0 aliphatic rings. The van der Waals surface area contributed by atoms with Gasteiger partial charge in [-0.05, 0) is 35.7 Å². The molecule has 0 atom stereocenters. The van der Waals surface area contributed by atoms with E-state index in [2.05, 4.69) is 45.3 Å². The molecule has 0 radical (unpaired) electrons. The number of hydrogen-bond acceptors (Lipinski definition) is 6. The van der Waals surface area contributed by atoms with Crippen molar-refractivity contribution in [2.45, 2.75) is 26.3 Å². The van der Waals surface area contributed by atoms with Gasteiger partial charge in [0, 0.05) is 30.6 Å². The van der Waals surface area contributed by atoms with Gasteiger partial charge in [0.05, 0.1) is 12.8 Å². The van der Waals surface area contributed by atoms with E-state index in [1.54, 1.807) is 24.0 Å². The van der Waals surface area contributed by atoms with Crippen LogP contribution in [0, 0.1) is 0 Å². The average Bonchev–Trinajstić information content (AvgIpc) is 3.17. The summed E-state index contributed by atoms with van der Waals surface area (Å²) < 4.78 is 7.05. The predicted octanol–water partition coefficient (Wildman–Crippen LogP) is 3.93. The maximum atomic E-state index is 5.31. The molecule has 0 amide bonds. The van der Waals surface area contributed by atoms with E-state index in [0.717, 1.165) is 28.4 Å². The molecule has 0 spiro atoms. The molecule has 0 bridgehead atoms. The number of pyridine rings is 1. The lowest BCUT2D eigenvalue weighted by Gasteiger charge is -2.12. The summed E-state index contributed by atoms with van der Waals surface area (Å²) in [7, 11) is 1.67. The minimum Gasteiger partial charge on any atom is -0.497 e. The zero-order valence-electron chi connectivity index (χ0n) is 16.1. The summed E-state index contributed by atoms with van der Waals surface area (Å²) in [6.07, 6.45) is 3.48. The number of fused-ring (bicyclic) bond motifs is 1. The van der Waals surface area contributed by atoms with Crippen molar-refractivity contribution in [2.24, 2.45) is 0 Å². The van der Waals surface area contributed by atoms with Crippen LogP contribution in [0.15, 0.2) is 54.9 Å². The first kappa shape index (κ1) is 17.9. The van der Waals surface area contributed by atoms with Crippen LogP contribution in [-0.2, 0) is 6.54 Å². The van der Waals surface area contributed by atoms with Crippen LogP contribution in [0.3, 0.4) is 0 Å². The number of benzene rings is 1. The number of aromatic nitrogens is 5. The third-order valence-electron chi connectivity index (χ3n) is 4.45. The Morgan fingerprint density at radius 1 is 1.11 bits per heavy atom. The third kappa shape index (κ3) is 3.64. The molecule has 0 aliphatic heterocycles. The second-order valence-electron chi connectivity index (χ2n) is 6.81. The quantitative estimate of drug-likeness (QED) is 0.551. The number of rotatable bonds is 6. The van der Waals surface area contributed by atoms with Gasteiger partial charge >= 0.3 is 0 Å². The highest BCUT2D eigenvalue weighted by atomic mass is 16.5. The summed E-state index contributed by atoms with van der Waals surface area (Å²) in [5.41, 5.74) is 2.94. The molecule has 142 valence electrons. The zero-order valence-corrected chi connectivity index (χ0v) is 16.1. The van der Waals surface area contributed by atoms with Crippen molar-refractivity contribution in [1.82, 2.24) is 24.6 Å². The molecule has 0 saturated carbocycles. The van der Waals surface area contributed by atoms with Crippen molar-refractivity contribution in [2.75, 3.05) is 12.4 Å². The molecule has 4 aromatic rings. The van der Waals surface area contributed by atoms with Crippen LogP contribution in [0.1, 0.15) is 31.0 Å². The molecule has 3 aromatic heterocycles. The van der Waals surface area contributed by atoms with Gasteiger partial charge in [-0.2, -0.15) is 9.50 Å². The van der Waals surface area contributed by atoms with Gasteiger partial charge in [-0.25, -0.2) is 4.98 Å². The van der Waals surface area contributed by atoms with Gasteiger partial charge in [0.2, 0.25) is 0 Å². The fraction of sp³-hybridized carbons (Fsp3) is 0.238. The molecule has 0 aliphatic carbocycles. The van der Waals surface area contributed by atoms with Crippen molar-refractivity contribution in [1.29, 1.82) is 0 Å². The van der Waals surface area contributed by atoms with Crippen LogP contribution >= 0.6 is 0 Å². The lowest BCUT2D eigenvalue weighted by atomic mass is 10.1. The lowest BCUT2D eigenvalue weighted by molar-refractivity contribution is 0.414. The summed E-state index contributed by atoms with van der Waals surface area (Å²) in [6.45, 7) is 4.86. The number of hydrogen-bond donors (Lipinski definition) is 1. The summed E-state index contributed by atoms with van der Waals surface area (Å²) in [5.74, 6) is 3.13. The molecule has 0 saturated heterocycles. The second-order valence-corrected chi connectivity index (χ2v) is 6.81. The molecule has 7 nitrogen and oxygen atoms in total. The molecule has 0 fully saturated rings. The maximum absolute atomic E-state index is 5.31. The summed E-state index contributed by atoms with van der Waals surface area (Å²) >= 11 is 0. The molecule has 1 aromatic carbocycles. The average molecular weight is 374 g/mol. The van der Waals surface area contributed by atoms with E-state index in [9.17, 15) is 0 Å². The second kappa shape index (κ2) is 7.64. The molecule has 0 unspecified atom stereocenters. The summed E-state index contributed by atoms with van der Waals surface area (Å²) in [6, 6.07) is 13.8. The van der Waals surface area contributed by atoms with E-state index in [0.29, 0.717) is 18.1 Å². The van der Waals surface area contributed by atoms with Crippen LogP contribution < -0.4 is 10.1 Å². The first-order valence-electron chi connectivity index (χ1n) is 9.19. The van der Waals surface area contributed by atoms with Gasteiger partial charge < -0.3 is 10.1 Å². The van der Waals surface area contributed by atoms with Gasteiger partial charge in [-0.1, -0.05) is 26.0 Å². The minimum absolute atomic E-state index is 0.279. The molecule has 3 heterocycles. The molecule has 1 N–H and O–H groups in total. The maximum Gasteiger partial charge on any atom is 0.254 e. The van der Waals surface area contributed by atoms with Crippen LogP contribution in [0.5, 0.6) is 5.75 Å². The Balaban J connectivity index is 1.71. The molecular formula is C21H22N6O. The fourth-order valence-corrected chi connectivity index (χ4v) is 2.90. The Hall–Kier alpha value is -3.48. The van der Waals surface area contributed by atoms with E-state index in [1.807, 2.05) is 36.4 Å². The van der Waals surface area contributed by atoms with E-state index >= 15 is 0 Å². The number of anilines is 1. The van der Waals surface area contributed by atoms with Crippen LogP contribution in [0.4, 0.5) is 5.82 Å². The summed E-state index contributed by atoms with van der Waals surface area (Å²) in [4.78, 5) is 13.4. The first-order chi connectivity index (χ1) is 13.6. The van der Waals surface area contributed by atoms with E-state index < -0.39 is 0 Å². The fourth-order valence-electron chi connectivity index (χ4n) is 2.90. The monoisotopic (exact) mass is 374 g/mol. The molecule has 7 heteroatoms. The van der Waals surface area contributed by atoms with Crippen LogP contribution in [-0.4, -0.2) is 31.7 Å². The van der Waals surface area contributed by atoms with Gasteiger partial charge in [-0.3, -0.25) is 4.98 Å². The van der Waals surface area contributed by atoms with Crippen LogP contribution in [0.25, 0.3) is 17.2 Å². The van der Waals surface area contributed by atoms with Gasteiger partial charge in [0.15, 0.2) is 5.82 Å². The Bertz CT molecular complexity index is 1090. The SMILES string of the molecule is COc1cccc(CNc2cc(C(C)C)nc3nc(-c4cccnc4)nn23)c1. The van der Waals surface area contributed by atoms with Gasteiger partial charge in [0.1, 0.15) is 11.6 Å². The smallest absolute Gasteiger partial charge is 0.254 e. The largest absolute Gasteiger partial charge is 0.497 e. The van der Waals surface area contributed by atoms with Crippen molar-refractivity contribution in [3.8, 4) is 17.1 Å².